The Morgan fingerprint density at radius 3 is 2.58 bits per heavy atom. The molecule has 24 heavy (non-hydrogen) atoms. The lowest BCUT2D eigenvalue weighted by molar-refractivity contribution is -0.355. The molecule has 3 aromatic rings. The van der Waals surface area contributed by atoms with Gasteiger partial charge < -0.3 is 5.73 Å². The molecule has 0 atom stereocenters. The number of aryl methyl sites for hydroxylation is 3. The van der Waals surface area contributed by atoms with Gasteiger partial charge in [-0.15, -0.1) is 0 Å². The molecular weight excluding hydrogens is 314 g/mol. The summed E-state index contributed by atoms with van der Waals surface area (Å²) >= 11 is 1.49. The summed E-state index contributed by atoms with van der Waals surface area (Å²) in [5.41, 5.74) is 12.4. The van der Waals surface area contributed by atoms with Crippen molar-refractivity contribution in [1.82, 2.24) is 0 Å². The first-order valence-electron chi connectivity index (χ1n) is 8.50. The monoisotopic (exact) mass is 334 g/mol. The number of nitrogens with zero attached hydrogens (tertiary/aromatic N) is 1. The fraction of sp³-hybridized carbons (Fsp3) is 0.300. The SMILES string of the molecule is N#Cc1sc2[nH+]c(CCc3ccccc3)c3c(c2c1N)CCCC3. The van der Waals surface area contributed by atoms with Crippen molar-refractivity contribution in [1.29, 1.82) is 5.26 Å². The van der Waals surface area contributed by atoms with Gasteiger partial charge in [-0.1, -0.05) is 41.7 Å². The molecular formula is C20H20N3S+. The number of nitrogens with one attached hydrogen (secondary N) is 1. The van der Waals surface area contributed by atoms with Crippen molar-refractivity contribution < 1.29 is 4.98 Å². The molecule has 1 aromatic carbocycles. The number of hydrogen-bond donors (Lipinski definition) is 1. The van der Waals surface area contributed by atoms with Gasteiger partial charge in [0.25, 0.3) is 4.83 Å². The fourth-order valence-corrected chi connectivity index (χ4v) is 4.74. The summed E-state index contributed by atoms with van der Waals surface area (Å²) in [6.07, 6.45) is 6.66. The minimum absolute atomic E-state index is 0.634. The molecule has 0 unspecified atom stereocenters. The molecule has 2 aromatic heterocycles. The van der Waals surface area contributed by atoms with Gasteiger partial charge in [-0.2, -0.15) is 10.2 Å². The summed E-state index contributed by atoms with van der Waals surface area (Å²) in [6.45, 7) is 0. The molecule has 120 valence electrons. The number of fused-ring (bicyclic) bond motifs is 3. The third-order valence-electron chi connectivity index (χ3n) is 4.95. The van der Waals surface area contributed by atoms with Crippen LogP contribution in [0.15, 0.2) is 30.3 Å². The molecule has 3 N–H and O–H groups in total. The molecule has 0 aliphatic heterocycles. The highest BCUT2D eigenvalue weighted by Gasteiger charge is 2.26. The third kappa shape index (κ3) is 2.55. The number of anilines is 1. The van der Waals surface area contributed by atoms with Gasteiger partial charge in [0.2, 0.25) is 0 Å². The molecule has 0 fully saturated rings. The fourth-order valence-electron chi connectivity index (χ4n) is 3.77. The Morgan fingerprint density at radius 1 is 1.08 bits per heavy atom. The Bertz CT molecular complexity index is 935. The predicted molar refractivity (Wildman–Crippen MR) is 98.0 cm³/mol. The maximum absolute atomic E-state index is 9.31. The first-order chi connectivity index (χ1) is 11.8. The molecule has 3 nitrogen and oxygen atoms in total. The van der Waals surface area contributed by atoms with Crippen LogP contribution in [0.3, 0.4) is 0 Å². The van der Waals surface area contributed by atoms with Crippen LogP contribution in [0.4, 0.5) is 5.69 Å². The van der Waals surface area contributed by atoms with E-state index < -0.39 is 0 Å². The lowest BCUT2D eigenvalue weighted by Crippen LogP contribution is -2.20. The lowest BCUT2D eigenvalue weighted by Gasteiger charge is -2.17. The topological polar surface area (TPSA) is 64.0 Å². The van der Waals surface area contributed by atoms with E-state index in [1.165, 1.54) is 46.6 Å². The number of nitrogen functional groups attached to an aromatic ring is 1. The van der Waals surface area contributed by atoms with Crippen molar-refractivity contribution in [3.8, 4) is 6.07 Å². The summed E-state index contributed by atoms with van der Waals surface area (Å²) in [7, 11) is 0. The van der Waals surface area contributed by atoms with Crippen LogP contribution in [0.25, 0.3) is 10.2 Å². The van der Waals surface area contributed by atoms with Crippen LogP contribution in [-0.4, -0.2) is 0 Å². The predicted octanol–water partition coefficient (Wildman–Crippen LogP) is 3.83. The van der Waals surface area contributed by atoms with Crippen molar-refractivity contribution in [2.24, 2.45) is 0 Å². The van der Waals surface area contributed by atoms with Gasteiger partial charge in [0.15, 0.2) is 5.69 Å². The zero-order chi connectivity index (χ0) is 16.5. The number of pyridine rings is 1. The molecule has 0 radical (unpaired) electrons. The molecule has 0 bridgehead atoms. The van der Waals surface area contributed by atoms with Crippen LogP contribution in [0, 0.1) is 11.3 Å². The molecule has 0 amide bonds. The normalized spacial score (nSPS) is 13.6. The largest absolute Gasteiger partial charge is 0.396 e. The van der Waals surface area contributed by atoms with Gasteiger partial charge in [0.05, 0.1) is 11.1 Å². The maximum atomic E-state index is 9.31. The van der Waals surface area contributed by atoms with Crippen molar-refractivity contribution in [2.45, 2.75) is 38.5 Å². The Balaban J connectivity index is 1.79. The lowest BCUT2D eigenvalue weighted by atomic mass is 9.87. The molecule has 0 saturated heterocycles. The molecule has 2 heterocycles. The standard InChI is InChI=1S/C20H19N3S/c21-12-17-19(22)18-15-9-5-4-8-14(15)16(23-20(18)24-17)11-10-13-6-2-1-3-7-13/h1-3,6-7H,4-5,8-11,22H2/p+1. The molecule has 0 saturated carbocycles. The first-order valence-corrected chi connectivity index (χ1v) is 9.31. The van der Waals surface area contributed by atoms with Crippen molar-refractivity contribution in [3.05, 3.63) is 57.6 Å². The van der Waals surface area contributed by atoms with Gasteiger partial charge in [-0.05, 0) is 43.2 Å². The van der Waals surface area contributed by atoms with Crippen LogP contribution in [0.5, 0.6) is 0 Å². The van der Waals surface area contributed by atoms with Gasteiger partial charge in [-0.25, -0.2) is 0 Å². The van der Waals surface area contributed by atoms with Crippen LogP contribution < -0.4 is 10.7 Å². The van der Waals surface area contributed by atoms with Gasteiger partial charge in [0, 0.05) is 12.0 Å². The molecule has 4 heteroatoms. The Kier molecular flexibility index (Phi) is 3.95. The Hall–Kier alpha value is -2.38. The van der Waals surface area contributed by atoms with E-state index in [1.54, 1.807) is 0 Å². The Labute approximate surface area is 145 Å². The third-order valence-corrected chi connectivity index (χ3v) is 5.98. The van der Waals surface area contributed by atoms with Crippen LogP contribution in [-0.2, 0) is 25.7 Å². The zero-order valence-electron chi connectivity index (χ0n) is 13.6. The minimum atomic E-state index is 0.634. The minimum Gasteiger partial charge on any atom is -0.396 e. The van der Waals surface area contributed by atoms with Crippen LogP contribution in [0.2, 0.25) is 0 Å². The van der Waals surface area contributed by atoms with E-state index in [0.717, 1.165) is 35.9 Å². The quantitative estimate of drug-likeness (QED) is 0.791. The summed E-state index contributed by atoms with van der Waals surface area (Å²) in [6, 6.07) is 12.9. The van der Waals surface area contributed by atoms with Crippen molar-refractivity contribution >= 4 is 27.2 Å². The number of thiophene rings is 1. The highest BCUT2D eigenvalue weighted by Crippen LogP contribution is 2.38. The van der Waals surface area contributed by atoms with Gasteiger partial charge >= 0.3 is 0 Å². The highest BCUT2D eigenvalue weighted by molar-refractivity contribution is 7.19. The van der Waals surface area contributed by atoms with Gasteiger partial charge in [0.1, 0.15) is 10.9 Å². The van der Waals surface area contributed by atoms with Gasteiger partial charge in [-0.3, -0.25) is 0 Å². The van der Waals surface area contributed by atoms with E-state index in [4.69, 9.17) is 5.73 Å². The van der Waals surface area contributed by atoms with E-state index in [1.807, 2.05) is 0 Å². The first kappa shape index (κ1) is 15.2. The van der Waals surface area contributed by atoms with Crippen LogP contribution in [0.1, 0.15) is 40.1 Å². The Morgan fingerprint density at radius 2 is 1.83 bits per heavy atom. The molecule has 4 rings (SSSR count). The number of nitrogens with two attached hydrogens (primary N) is 1. The highest BCUT2D eigenvalue weighted by atomic mass is 32.1. The number of H-pyrrole nitrogens is 1. The summed E-state index contributed by atoms with van der Waals surface area (Å²) in [5, 5.41) is 10.4. The summed E-state index contributed by atoms with van der Waals surface area (Å²) in [5.74, 6) is 0. The number of aromatic nitrogens is 1. The van der Waals surface area contributed by atoms with E-state index in [9.17, 15) is 5.26 Å². The number of nitriles is 1. The van der Waals surface area contributed by atoms with Crippen molar-refractivity contribution in [2.75, 3.05) is 5.73 Å². The summed E-state index contributed by atoms with van der Waals surface area (Å²) in [4.78, 5) is 5.30. The number of aromatic amines is 1. The number of benzene rings is 1. The average Bonchev–Trinajstić information content (AvgIpc) is 2.96. The zero-order valence-corrected chi connectivity index (χ0v) is 14.4. The van der Waals surface area contributed by atoms with Crippen LogP contribution >= 0.6 is 11.3 Å². The van der Waals surface area contributed by atoms with E-state index in [2.05, 4.69) is 41.4 Å². The average molecular weight is 334 g/mol. The molecule has 1 aliphatic rings. The van der Waals surface area contributed by atoms with Crippen molar-refractivity contribution in [3.63, 3.8) is 0 Å². The van der Waals surface area contributed by atoms with E-state index in [0.29, 0.717) is 10.6 Å². The maximum Gasteiger partial charge on any atom is 0.271 e. The second-order valence-electron chi connectivity index (χ2n) is 6.41. The second-order valence-corrected chi connectivity index (χ2v) is 7.43. The smallest absolute Gasteiger partial charge is 0.271 e. The van der Waals surface area contributed by atoms with E-state index in [-0.39, 0.29) is 0 Å². The van der Waals surface area contributed by atoms with E-state index >= 15 is 0 Å². The number of hydrogen-bond acceptors (Lipinski definition) is 3. The second kappa shape index (κ2) is 6.26. The molecule has 1 aliphatic carbocycles. The number of rotatable bonds is 3. The molecule has 0 spiro atoms. The summed E-state index contributed by atoms with van der Waals surface area (Å²) < 4.78 is 0.